The fraction of sp³-hybridized carbons (Fsp3) is 0.333. The standard InChI is InChI=1S/C24H24ClNO5/c1-29-17-13-20(30-2)23-19(27)15-24(31-21(23)14-17)9-11-26(12-10-24)22(28)8-7-16-5-3-4-6-18(16)25/h3-8,13-14H,9-12,15H2,1-2H3/b8-7+. The van der Waals surface area contributed by atoms with Gasteiger partial charge >= 0.3 is 0 Å². The molecule has 162 valence electrons. The molecule has 7 heteroatoms. The molecule has 4 rings (SSSR count). The van der Waals surface area contributed by atoms with E-state index in [1.54, 1.807) is 36.3 Å². The molecule has 2 aliphatic heterocycles. The first-order valence-electron chi connectivity index (χ1n) is 10.1. The number of benzene rings is 2. The zero-order valence-corrected chi connectivity index (χ0v) is 18.3. The summed E-state index contributed by atoms with van der Waals surface area (Å²) in [4.78, 5) is 27.4. The minimum absolute atomic E-state index is 0.0147. The van der Waals surface area contributed by atoms with Gasteiger partial charge in [-0.05, 0) is 17.7 Å². The third kappa shape index (κ3) is 4.26. The Morgan fingerprint density at radius 1 is 1.16 bits per heavy atom. The van der Waals surface area contributed by atoms with Crippen molar-refractivity contribution in [1.29, 1.82) is 0 Å². The Balaban J connectivity index is 1.46. The van der Waals surface area contributed by atoms with Gasteiger partial charge in [-0.15, -0.1) is 0 Å². The maximum absolute atomic E-state index is 12.9. The summed E-state index contributed by atoms with van der Waals surface area (Å²) in [6, 6.07) is 10.8. The summed E-state index contributed by atoms with van der Waals surface area (Å²) in [5.74, 6) is 1.40. The van der Waals surface area contributed by atoms with Gasteiger partial charge in [0.15, 0.2) is 5.78 Å². The molecule has 1 spiro atoms. The molecule has 1 saturated heterocycles. The molecule has 31 heavy (non-hydrogen) atoms. The van der Waals surface area contributed by atoms with Crippen molar-refractivity contribution in [3.05, 3.63) is 58.6 Å². The number of piperidine rings is 1. The lowest BCUT2D eigenvalue weighted by atomic mass is 9.82. The Hall–Kier alpha value is -2.99. The lowest BCUT2D eigenvalue weighted by Crippen LogP contribution is -2.52. The molecule has 1 amide bonds. The van der Waals surface area contributed by atoms with Gasteiger partial charge in [0.05, 0.1) is 20.6 Å². The van der Waals surface area contributed by atoms with Crippen LogP contribution in [0, 0.1) is 0 Å². The molecular formula is C24H24ClNO5. The smallest absolute Gasteiger partial charge is 0.246 e. The predicted octanol–water partition coefficient (Wildman–Crippen LogP) is 4.40. The van der Waals surface area contributed by atoms with Crippen LogP contribution in [0.3, 0.4) is 0 Å². The van der Waals surface area contributed by atoms with Crippen LogP contribution in [0.15, 0.2) is 42.5 Å². The average Bonchev–Trinajstić information content (AvgIpc) is 2.77. The number of likely N-dealkylation sites (tertiary alicyclic amines) is 1. The normalized spacial score (nSPS) is 17.4. The van der Waals surface area contributed by atoms with E-state index < -0.39 is 5.60 Å². The molecule has 0 unspecified atom stereocenters. The summed E-state index contributed by atoms with van der Waals surface area (Å²) in [7, 11) is 3.08. The Morgan fingerprint density at radius 3 is 2.58 bits per heavy atom. The number of hydrogen-bond donors (Lipinski definition) is 0. The summed E-state index contributed by atoms with van der Waals surface area (Å²) >= 11 is 6.15. The van der Waals surface area contributed by atoms with Gasteiger partial charge in [-0.2, -0.15) is 0 Å². The first kappa shape index (κ1) is 21.2. The van der Waals surface area contributed by atoms with Crippen molar-refractivity contribution in [2.24, 2.45) is 0 Å². The molecule has 0 N–H and O–H groups in total. The Kier molecular flexibility index (Phi) is 5.92. The van der Waals surface area contributed by atoms with E-state index in [0.29, 0.717) is 53.8 Å². The third-order valence-electron chi connectivity index (χ3n) is 5.88. The van der Waals surface area contributed by atoms with Crippen molar-refractivity contribution in [2.75, 3.05) is 27.3 Å². The van der Waals surface area contributed by atoms with Crippen LogP contribution in [0.5, 0.6) is 17.2 Å². The van der Waals surface area contributed by atoms with E-state index in [0.717, 1.165) is 5.56 Å². The van der Waals surface area contributed by atoms with Gasteiger partial charge in [-0.1, -0.05) is 29.8 Å². The number of amides is 1. The highest BCUT2D eigenvalue weighted by Gasteiger charge is 2.44. The molecule has 0 aromatic heterocycles. The predicted molar refractivity (Wildman–Crippen MR) is 118 cm³/mol. The highest BCUT2D eigenvalue weighted by atomic mass is 35.5. The van der Waals surface area contributed by atoms with E-state index in [9.17, 15) is 9.59 Å². The van der Waals surface area contributed by atoms with Crippen molar-refractivity contribution in [3.8, 4) is 17.2 Å². The van der Waals surface area contributed by atoms with Crippen LogP contribution in [0.1, 0.15) is 35.2 Å². The molecule has 0 atom stereocenters. The minimum atomic E-state index is -0.620. The summed E-state index contributed by atoms with van der Waals surface area (Å²) in [6.07, 6.45) is 4.68. The fourth-order valence-corrected chi connectivity index (χ4v) is 4.34. The molecule has 2 aromatic carbocycles. The zero-order chi connectivity index (χ0) is 22.0. The second kappa shape index (κ2) is 8.63. The summed E-state index contributed by atoms with van der Waals surface area (Å²) in [5.41, 5.74) is 0.631. The van der Waals surface area contributed by atoms with Gasteiger partial charge in [-0.25, -0.2) is 0 Å². The lowest BCUT2D eigenvalue weighted by Gasteiger charge is -2.44. The van der Waals surface area contributed by atoms with E-state index >= 15 is 0 Å². The second-order valence-corrected chi connectivity index (χ2v) is 8.18. The topological polar surface area (TPSA) is 65.1 Å². The van der Waals surface area contributed by atoms with E-state index in [1.165, 1.54) is 13.2 Å². The van der Waals surface area contributed by atoms with Crippen LogP contribution in [-0.4, -0.2) is 49.5 Å². The summed E-state index contributed by atoms with van der Waals surface area (Å²) < 4.78 is 17.0. The minimum Gasteiger partial charge on any atom is -0.496 e. The Labute approximate surface area is 186 Å². The first-order chi connectivity index (χ1) is 14.9. The molecule has 2 heterocycles. The largest absolute Gasteiger partial charge is 0.496 e. The zero-order valence-electron chi connectivity index (χ0n) is 17.5. The Bertz CT molecular complexity index is 1040. The SMILES string of the molecule is COc1cc(OC)c2c(c1)OC1(CCN(C(=O)/C=C/c3ccccc3Cl)CC1)CC2=O. The molecule has 0 aliphatic carbocycles. The highest BCUT2D eigenvalue weighted by molar-refractivity contribution is 6.32. The van der Waals surface area contributed by atoms with E-state index in [-0.39, 0.29) is 18.1 Å². The third-order valence-corrected chi connectivity index (χ3v) is 6.22. The molecule has 0 saturated carbocycles. The van der Waals surface area contributed by atoms with Crippen LogP contribution in [-0.2, 0) is 4.79 Å². The fourth-order valence-electron chi connectivity index (χ4n) is 4.14. The molecular weight excluding hydrogens is 418 g/mol. The summed E-state index contributed by atoms with van der Waals surface area (Å²) in [5, 5.41) is 0.600. The van der Waals surface area contributed by atoms with Crippen molar-refractivity contribution in [1.82, 2.24) is 4.90 Å². The van der Waals surface area contributed by atoms with E-state index in [1.807, 2.05) is 18.2 Å². The van der Waals surface area contributed by atoms with Crippen LogP contribution < -0.4 is 14.2 Å². The number of carbonyl (C=O) groups is 2. The van der Waals surface area contributed by atoms with Crippen LogP contribution in [0.25, 0.3) is 6.08 Å². The number of rotatable bonds is 4. The Morgan fingerprint density at radius 2 is 1.90 bits per heavy atom. The number of fused-ring (bicyclic) bond motifs is 1. The number of ketones is 1. The van der Waals surface area contributed by atoms with E-state index in [4.69, 9.17) is 25.8 Å². The number of ether oxygens (including phenoxy) is 3. The van der Waals surface area contributed by atoms with Gasteiger partial charge in [0.1, 0.15) is 28.4 Å². The highest BCUT2D eigenvalue weighted by Crippen LogP contribution is 2.44. The van der Waals surface area contributed by atoms with Crippen molar-refractivity contribution in [3.63, 3.8) is 0 Å². The number of carbonyl (C=O) groups excluding carboxylic acids is 2. The van der Waals surface area contributed by atoms with Gasteiger partial charge in [-0.3, -0.25) is 9.59 Å². The van der Waals surface area contributed by atoms with Crippen LogP contribution in [0.2, 0.25) is 5.02 Å². The number of Topliss-reactive ketones (excluding diaryl/α,β-unsaturated/α-hetero) is 1. The second-order valence-electron chi connectivity index (χ2n) is 7.77. The number of methoxy groups -OCH3 is 2. The molecule has 6 nitrogen and oxygen atoms in total. The van der Waals surface area contributed by atoms with Gasteiger partial charge in [0, 0.05) is 49.2 Å². The van der Waals surface area contributed by atoms with Gasteiger partial charge < -0.3 is 19.1 Å². The number of nitrogens with zero attached hydrogens (tertiary/aromatic N) is 1. The summed E-state index contributed by atoms with van der Waals surface area (Å²) in [6.45, 7) is 1.02. The molecule has 1 fully saturated rings. The van der Waals surface area contributed by atoms with Crippen molar-refractivity contribution >= 4 is 29.4 Å². The van der Waals surface area contributed by atoms with E-state index in [2.05, 4.69) is 0 Å². The average molecular weight is 442 g/mol. The molecule has 2 aromatic rings. The van der Waals surface area contributed by atoms with Gasteiger partial charge in [0.25, 0.3) is 0 Å². The molecule has 0 bridgehead atoms. The van der Waals surface area contributed by atoms with Crippen molar-refractivity contribution < 1.29 is 23.8 Å². The first-order valence-corrected chi connectivity index (χ1v) is 10.5. The number of halogens is 1. The van der Waals surface area contributed by atoms with Crippen molar-refractivity contribution in [2.45, 2.75) is 24.9 Å². The lowest BCUT2D eigenvalue weighted by molar-refractivity contribution is -0.129. The molecule has 0 radical (unpaired) electrons. The maximum Gasteiger partial charge on any atom is 0.246 e. The van der Waals surface area contributed by atoms with Crippen LogP contribution >= 0.6 is 11.6 Å². The maximum atomic E-state index is 12.9. The monoisotopic (exact) mass is 441 g/mol. The van der Waals surface area contributed by atoms with Gasteiger partial charge in [0.2, 0.25) is 5.91 Å². The van der Waals surface area contributed by atoms with Crippen LogP contribution in [0.4, 0.5) is 0 Å². The quantitative estimate of drug-likeness (QED) is 0.658. The molecule has 2 aliphatic rings. The number of hydrogen-bond acceptors (Lipinski definition) is 5.